The van der Waals surface area contributed by atoms with E-state index in [0.29, 0.717) is 0 Å². The molecule has 0 amide bonds. The molecule has 0 aliphatic heterocycles. The topological polar surface area (TPSA) is 295 Å². The molecule has 0 radical (unpaired) electrons. The average Bonchev–Trinajstić information content (AvgIpc) is 0.722. The molecule has 0 rings (SSSR count). The molecule has 0 heterocycles. The molecule has 0 fully saturated rings. The van der Waals surface area contributed by atoms with Gasteiger partial charge in [0.15, 0.2) is 17.4 Å². The Hall–Kier alpha value is 0.889. The summed E-state index contributed by atoms with van der Waals surface area (Å²) in [6.07, 6.45) is 0. The van der Waals surface area contributed by atoms with E-state index in [0.717, 1.165) is 0 Å². The van der Waals surface area contributed by atoms with Gasteiger partial charge in [-0.2, -0.15) is 8.42 Å². The molecule has 0 saturated carbocycles. The second kappa shape index (κ2) is 48.6. The monoisotopic (exact) mass is 280 g/mol. The van der Waals surface area contributed by atoms with E-state index in [2.05, 4.69) is 0 Å². The first-order valence-electron chi connectivity index (χ1n) is 0.698. The molecular formula is H21AlMgO11S. The van der Waals surface area contributed by atoms with Crippen molar-refractivity contribution in [3.05, 3.63) is 0 Å². The summed E-state index contributed by atoms with van der Waals surface area (Å²) in [5.41, 5.74) is 0. The fraction of sp³-hybridized carbons (Fsp3) is 0. The summed E-state index contributed by atoms with van der Waals surface area (Å²) >= 11 is 0. The van der Waals surface area contributed by atoms with Gasteiger partial charge in [0.05, 0.1) is 0 Å². The van der Waals surface area contributed by atoms with Gasteiger partial charge in [0.25, 0.3) is 0 Å². The summed E-state index contributed by atoms with van der Waals surface area (Å²) in [7, 11) is -4.67. The predicted octanol–water partition coefficient (Wildman–Crippen LogP) is -8.53. The largest absolute Gasteiger partial charge is 0.412 e. The fourth-order valence-corrected chi connectivity index (χ4v) is 0. The van der Waals surface area contributed by atoms with Crippen molar-refractivity contribution in [2.45, 2.75) is 0 Å². The molecule has 14 heteroatoms. The molecule has 11 nitrogen and oxygen atoms in total. The highest BCUT2D eigenvalue weighted by Crippen LogP contribution is 1.59. The minimum Gasteiger partial charge on any atom is -0.412 e. The van der Waals surface area contributed by atoms with Crippen molar-refractivity contribution in [1.29, 1.82) is 0 Å². The van der Waals surface area contributed by atoms with Gasteiger partial charge < -0.3 is 38.3 Å². The Balaban J connectivity index is -0.00000000222. The van der Waals surface area contributed by atoms with Gasteiger partial charge in [-0.3, -0.25) is 9.11 Å². The van der Waals surface area contributed by atoms with E-state index >= 15 is 0 Å². The summed E-state index contributed by atoms with van der Waals surface area (Å²) in [5.74, 6) is 0. The van der Waals surface area contributed by atoms with Crippen LogP contribution in [0, 0.1) is 0 Å². The van der Waals surface area contributed by atoms with Crippen molar-refractivity contribution in [3.8, 4) is 0 Å². The van der Waals surface area contributed by atoms with Gasteiger partial charge in [0.1, 0.15) is 0 Å². The highest BCUT2D eigenvalue weighted by molar-refractivity contribution is 7.79. The van der Waals surface area contributed by atoms with E-state index in [1.807, 2.05) is 0 Å². The number of hydrogen-bond acceptors (Lipinski definition) is 2. The summed E-state index contributed by atoms with van der Waals surface area (Å²) in [6.45, 7) is 0. The smallest absolute Gasteiger partial charge is 0.394 e. The van der Waals surface area contributed by atoms with E-state index in [-0.39, 0.29) is 78.7 Å². The fourth-order valence-electron chi connectivity index (χ4n) is 0. The lowest BCUT2D eigenvalue weighted by atomic mass is 15.8. The Morgan fingerprint density at radius 1 is 0.643 bits per heavy atom. The van der Waals surface area contributed by atoms with E-state index in [4.69, 9.17) is 17.5 Å². The predicted molar refractivity (Wildman–Crippen MR) is 58.0 cm³/mol. The molecule has 0 aromatic rings. The standard InChI is InChI=1S/Al.Mg.H2O4S.7H2O.5H/c;;1-5(2,3)4;;;;;;;;;;;;/h;;(H2,1,2,3,4);7*1H2;;;;;. The zero-order valence-corrected chi connectivity index (χ0v) is 6.44. The molecule has 16 N–H and O–H groups in total. The first-order valence-corrected chi connectivity index (χ1v) is 2.10. The van der Waals surface area contributed by atoms with Crippen LogP contribution in [-0.2, 0) is 10.4 Å². The van der Waals surface area contributed by atoms with Gasteiger partial charge in [-0.1, -0.05) is 0 Å². The van der Waals surface area contributed by atoms with Gasteiger partial charge >= 0.3 is 33.5 Å². The molecule has 14 heavy (non-hydrogen) atoms. The van der Waals surface area contributed by atoms with Crippen molar-refractivity contribution >= 4 is 50.8 Å². The summed E-state index contributed by atoms with van der Waals surface area (Å²) < 4.78 is 31.6. The summed E-state index contributed by atoms with van der Waals surface area (Å²) in [5, 5.41) is 0. The van der Waals surface area contributed by atoms with Gasteiger partial charge in [-0.15, -0.1) is 0 Å². The van der Waals surface area contributed by atoms with Crippen LogP contribution in [0.4, 0.5) is 0 Å². The molecule has 0 aromatic carbocycles. The maximum absolute atomic E-state index is 8.74. The van der Waals surface area contributed by atoms with Crippen molar-refractivity contribution < 1.29 is 55.9 Å². The summed E-state index contributed by atoms with van der Waals surface area (Å²) in [4.78, 5) is 0. The molecule has 0 spiro atoms. The Bertz CT molecular complexity index is 98.5. The van der Waals surface area contributed by atoms with Crippen LogP contribution >= 0.6 is 0 Å². The van der Waals surface area contributed by atoms with E-state index in [1.54, 1.807) is 0 Å². The Morgan fingerprint density at radius 3 is 0.643 bits per heavy atom. The Morgan fingerprint density at radius 2 is 0.643 bits per heavy atom. The van der Waals surface area contributed by atoms with Gasteiger partial charge in [0, 0.05) is 0 Å². The van der Waals surface area contributed by atoms with E-state index < -0.39 is 10.4 Å². The number of rotatable bonds is 0. The maximum atomic E-state index is 8.74. The van der Waals surface area contributed by atoms with Crippen molar-refractivity contribution in [3.63, 3.8) is 0 Å². The molecule has 98 valence electrons. The zero-order valence-electron chi connectivity index (χ0n) is 5.62. The lowest BCUT2D eigenvalue weighted by Gasteiger charge is -1.68. The van der Waals surface area contributed by atoms with Crippen LogP contribution in [-0.4, -0.2) is 96.3 Å². The molecule has 0 unspecified atom stereocenters. The van der Waals surface area contributed by atoms with E-state index in [1.165, 1.54) is 0 Å². The molecule has 0 aliphatic carbocycles. The molecule has 0 saturated heterocycles. The van der Waals surface area contributed by atoms with Crippen molar-refractivity contribution in [2.75, 3.05) is 0 Å². The van der Waals surface area contributed by atoms with Crippen LogP contribution in [0.3, 0.4) is 0 Å². The summed E-state index contributed by atoms with van der Waals surface area (Å²) in [6, 6.07) is 0. The molecule has 0 bridgehead atoms. The van der Waals surface area contributed by atoms with Crippen LogP contribution in [0.25, 0.3) is 0 Å². The second-order valence-electron chi connectivity index (χ2n) is 0.448. The minimum atomic E-state index is -4.67. The normalized spacial score (nSPS) is 4.14. The lowest BCUT2D eigenvalue weighted by Crippen LogP contribution is -1.89. The van der Waals surface area contributed by atoms with Gasteiger partial charge in [-0.25, -0.2) is 0 Å². The first-order chi connectivity index (χ1) is 2.00. The zero-order chi connectivity index (χ0) is 4.50. The number of hydrogen-bond donors (Lipinski definition) is 2. The Labute approximate surface area is 107 Å². The van der Waals surface area contributed by atoms with Crippen LogP contribution in [0.1, 0.15) is 0 Å². The van der Waals surface area contributed by atoms with Crippen molar-refractivity contribution in [2.24, 2.45) is 0 Å². The SMILES string of the molecule is O.O.O.O.O.O.O.O=S(=O)(O)O.[AlH3].[MgH2]. The molecule has 0 atom stereocenters. The minimum absolute atomic E-state index is 0. The highest BCUT2D eigenvalue weighted by Gasteiger charge is 1.84. The second-order valence-corrected chi connectivity index (χ2v) is 1.34. The maximum Gasteiger partial charge on any atom is 0.394 e. The lowest BCUT2D eigenvalue weighted by molar-refractivity contribution is 0.381. The van der Waals surface area contributed by atoms with Crippen LogP contribution in [0.2, 0.25) is 0 Å². The van der Waals surface area contributed by atoms with Crippen LogP contribution in [0.5, 0.6) is 0 Å². The quantitative estimate of drug-likeness (QED) is 0.322. The molecular weight excluding hydrogens is 259 g/mol. The van der Waals surface area contributed by atoms with Crippen molar-refractivity contribution in [1.82, 2.24) is 0 Å². The Kier molecular flexibility index (Phi) is 417. The molecule has 0 aliphatic rings. The van der Waals surface area contributed by atoms with Crippen LogP contribution < -0.4 is 0 Å². The van der Waals surface area contributed by atoms with E-state index in [9.17, 15) is 0 Å². The average molecular weight is 281 g/mol. The third-order valence-electron chi connectivity index (χ3n) is 0. The van der Waals surface area contributed by atoms with Gasteiger partial charge in [0.2, 0.25) is 0 Å². The molecule has 0 aromatic heterocycles. The highest BCUT2D eigenvalue weighted by atomic mass is 32.3. The van der Waals surface area contributed by atoms with Gasteiger partial charge in [-0.05, 0) is 0 Å². The third-order valence-corrected chi connectivity index (χ3v) is 0. The third kappa shape index (κ3) is 2310. The van der Waals surface area contributed by atoms with Crippen LogP contribution in [0.15, 0.2) is 0 Å². The first kappa shape index (κ1) is 120.